The number of fused-ring (bicyclic) bond motifs is 2. The molecule has 0 spiro atoms. The number of rotatable bonds is 5. The minimum Gasteiger partial charge on any atom is -0.473 e. The van der Waals surface area contributed by atoms with Gasteiger partial charge in [0.15, 0.2) is 0 Å². The lowest BCUT2D eigenvalue weighted by molar-refractivity contribution is -0.116. The maximum absolute atomic E-state index is 13.4. The van der Waals surface area contributed by atoms with Gasteiger partial charge in [0, 0.05) is 37.8 Å². The molecule has 3 aromatic rings. The largest absolute Gasteiger partial charge is 0.473 e. The molecule has 11 heteroatoms. The van der Waals surface area contributed by atoms with Gasteiger partial charge in [-0.3, -0.25) is 25.5 Å². The van der Waals surface area contributed by atoms with Crippen LogP contribution in [0.25, 0.3) is 0 Å². The maximum Gasteiger partial charge on any atom is 0.227 e. The second kappa shape index (κ2) is 10.8. The summed E-state index contributed by atoms with van der Waals surface area (Å²) in [5, 5.41) is 21.9. The predicted octanol–water partition coefficient (Wildman–Crippen LogP) is 5.72. The fourth-order valence-electron chi connectivity index (χ4n) is 5.07. The van der Waals surface area contributed by atoms with Gasteiger partial charge < -0.3 is 14.8 Å². The van der Waals surface area contributed by atoms with E-state index in [1.54, 1.807) is 24.0 Å². The molecule has 210 valence electrons. The summed E-state index contributed by atoms with van der Waals surface area (Å²) in [5.41, 5.74) is 5.94. The van der Waals surface area contributed by atoms with Gasteiger partial charge in [0.1, 0.15) is 35.4 Å². The normalized spacial score (nSPS) is 19.2. The first-order valence-electron chi connectivity index (χ1n) is 13.3. The Morgan fingerprint density at radius 1 is 1.22 bits per heavy atom. The van der Waals surface area contributed by atoms with E-state index in [0.29, 0.717) is 42.1 Å². The summed E-state index contributed by atoms with van der Waals surface area (Å²) < 4.78 is 11.0. The van der Waals surface area contributed by atoms with Crippen molar-refractivity contribution < 1.29 is 14.3 Å². The molecular weight excluding hydrogens is 560 g/mol. The Kier molecular flexibility index (Phi) is 7.23. The maximum atomic E-state index is 13.4. The number of aliphatic imine (C=N–C) groups is 2. The number of carbonyl (C=O) groups excluding carboxylic acids is 1. The third-order valence-electron chi connectivity index (χ3n) is 7.38. The zero-order chi connectivity index (χ0) is 28.8. The van der Waals surface area contributed by atoms with E-state index in [1.165, 1.54) is 11.3 Å². The van der Waals surface area contributed by atoms with E-state index < -0.39 is 6.04 Å². The number of hydrogen-bond acceptors (Lipinski definition) is 8. The van der Waals surface area contributed by atoms with Crippen LogP contribution in [0, 0.1) is 24.7 Å². The summed E-state index contributed by atoms with van der Waals surface area (Å²) in [6.45, 7) is 7.31. The van der Waals surface area contributed by atoms with Crippen molar-refractivity contribution in [1.29, 1.82) is 10.8 Å². The van der Waals surface area contributed by atoms with E-state index in [0.717, 1.165) is 37.7 Å². The lowest BCUT2D eigenvalue weighted by Crippen LogP contribution is -2.41. The lowest BCUT2D eigenvalue weighted by atomic mass is 9.99. The first-order valence-corrected chi connectivity index (χ1v) is 14.5. The summed E-state index contributed by atoms with van der Waals surface area (Å²) in [7, 11) is 0. The molecule has 0 aliphatic carbocycles. The van der Waals surface area contributed by atoms with Crippen LogP contribution in [0.15, 0.2) is 52.4 Å². The molecule has 0 saturated carbocycles. The molecular formula is C30H29ClN6O3S. The number of amides is 1. The number of halogens is 1. The zero-order valence-electron chi connectivity index (χ0n) is 22.9. The van der Waals surface area contributed by atoms with E-state index in [-0.39, 0.29) is 30.0 Å². The molecule has 1 saturated heterocycles. The number of hydrogen-bond donors (Lipinski definition) is 3. The minimum atomic E-state index is -0.804. The zero-order valence-corrected chi connectivity index (χ0v) is 24.4. The van der Waals surface area contributed by atoms with Gasteiger partial charge >= 0.3 is 0 Å². The van der Waals surface area contributed by atoms with Crippen LogP contribution in [0.1, 0.15) is 46.0 Å². The molecule has 4 heterocycles. The first-order chi connectivity index (χ1) is 19.7. The highest BCUT2D eigenvalue weighted by atomic mass is 35.5. The number of benzene rings is 2. The molecule has 3 aliphatic rings. The van der Waals surface area contributed by atoms with Crippen LogP contribution in [-0.2, 0) is 20.9 Å². The fraction of sp³-hybridized carbons (Fsp3) is 0.300. The van der Waals surface area contributed by atoms with Gasteiger partial charge in [-0.2, -0.15) is 0 Å². The number of ether oxygens (including phenoxy) is 2. The molecule has 1 aromatic heterocycles. The molecule has 0 unspecified atom stereocenters. The quantitative estimate of drug-likeness (QED) is 0.260. The van der Waals surface area contributed by atoms with Gasteiger partial charge in [-0.15, -0.1) is 11.3 Å². The van der Waals surface area contributed by atoms with E-state index in [4.69, 9.17) is 36.9 Å². The van der Waals surface area contributed by atoms with Crippen LogP contribution in [0.5, 0.6) is 0 Å². The highest BCUT2D eigenvalue weighted by Crippen LogP contribution is 2.40. The summed E-state index contributed by atoms with van der Waals surface area (Å²) in [6, 6.07) is 12.4. The van der Waals surface area contributed by atoms with E-state index in [9.17, 15) is 4.79 Å². The molecule has 6 rings (SSSR count). The highest BCUT2D eigenvalue weighted by molar-refractivity contribution is 7.17. The van der Waals surface area contributed by atoms with Crippen LogP contribution in [0.4, 0.5) is 10.7 Å². The van der Waals surface area contributed by atoms with Gasteiger partial charge in [-0.05, 0) is 56.7 Å². The van der Waals surface area contributed by atoms with Gasteiger partial charge in [0.25, 0.3) is 0 Å². The molecule has 0 radical (unpaired) electrons. The molecule has 1 fully saturated rings. The summed E-state index contributed by atoms with van der Waals surface area (Å²) in [6.07, 6.45) is -0.0609. The molecule has 3 aliphatic heterocycles. The van der Waals surface area contributed by atoms with Gasteiger partial charge in [-0.1, -0.05) is 23.7 Å². The smallest absolute Gasteiger partial charge is 0.227 e. The molecule has 9 nitrogen and oxygen atoms in total. The van der Waals surface area contributed by atoms with Crippen molar-refractivity contribution >= 4 is 62.8 Å². The Bertz CT molecular complexity index is 1640. The molecule has 2 aromatic carbocycles. The second-order valence-corrected chi connectivity index (χ2v) is 11.9. The predicted molar refractivity (Wildman–Crippen MR) is 164 cm³/mol. The van der Waals surface area contributed by atoms with Crippen molar-refractivity contribution in [3.8, 4) is 0 Å². The Hall–Kier alpha value is -3.86. The summed E-state index contributed by atoms with van der Waals surface area (Å²) in [4.78, 5) is 25.7. The van der Waals surface area contributed by atoms with Crippen molar-refractivity contribution in [3.05, 3.63) is 80.2 Å². The Morgan fingerprint density at radius 2 is 1.98 bits per heavy atom. The number of thiophene rings is 1. The third-order valence-corrected chi connectivity index (χ3v) is 8.83. The van der Waals surface area contributed by atoms with Crippen molar-refractivity contribution in [3.63, 3.8) is 0 Å². The topological polar surface area (TPSA) is 123 Å². The lowest BCUT2D eigenvalue weighted by Gasteiger charge is -2.24. The summed E-state index contributed by atoms with van der Waals surface area (Å²) in [5.74, 6) is 0.614. The number of amidine groups is 2. The van der Waals surface area contributed by atoms with Crippen LogP contribution >= 0.6 is 22.9 Å². The first kappa shape index (κ1) is 27.3. The number of carbonyl (C=O) groups is 1. The van der Waals surface area contributed by atoms with Crippen LogP contribution in [0.2, 0.25) is 5.02 Å². The monoisotopic (exact) mass is 588 g/mol. The second-order valence-electron chi connectivity index (χ2n) is 10.3. The van der Waals surface area contributed by atoms with Crippen molar-refractivity contribution in [2.75, 3.05) is 23.4 Å². The SMILES string of the molecule is CC(=N)N1C(=N)[C@H](CC(=O)Nc2ccc3c(c2)CO/C3=N/C2COC2)N=C(c2ccc(Cl)cc2)c2c1sc(C)c2C. The van der Waals surface area contributed by atoms with E-state index >= 15 is 0 Å². The average Bonchev–Trinajstić information content (AvgIpc) is 3.40. The van der Waals surface area contributed by atoms with E-state index in [1.807, 2.05) is 44.2 Å². The van der Waals surface area contributed by atoms with Gasteiger partial charge in [0.2, 0.25) is 11.8 Å². The van der Waals surface area contributed by atoms with Crippen molar-refractivity contribution in [2.24, 2.45) is 9.98 Å². The average molecular weight is 589 g/mol. The highest BCUT2D eigenvalue weighted by Gasteiger charge is 2.35. The third kappa shape index (κ3) is 5.18. The van der Waals surface area contributed by atoms with Crippen LogP contribution < -0.4 is 10.2 Å². The minimum absolute atomic E-state index is 0.0609. The standard InChI is InChI=1S/C30H29ClN6O3S/c1-15-16(2)41-30-26(15)27(18-4-6-20(31)7-5-18)36-24(28(33)37(30)17(3)32)11-25(38)34-21-8-9-23-19(10-21)12-40-29(23)35-22-13-39-14-22/h4-10,22,24,32-33H,11-14H2,1-3H3,(H,34,38)/b32-17?,33-28?,35-29+/t24-/m0/s1. The molecule has 1 atom stereocenters. The molecule has 3 N–H and O–H groups in total. The van der Waals surface area contributed by atoms with Crippen molar-refractivity contribution in [1.82, 2.24) is 0 Å². The Balaban J connectivity index is 1.30. The number of aryl methyl sites for hydroxylation is 1. The van der Waals surface area contributed by atoms with Crippen LogP contribution in [-0.4, -0.2) is 54.5 Å². The van der Waals surface area contributed by atoms with Gasteiger partial charge in [-0.25, -0.2) is 4.99 Å². The molecule has 0 bridgehead atoms. The van der Waals surface area contributed by atoms with Gasteiger partial charge in [0.05, 0.1) is 25.3 Å². The Morgan fingerprint density at radius 3 is 2.66 bits per heavy atom. The molecule has 1 amide bonds. The number of anilines is 2. The Labute approximate surface area is 246 Å². The van der Waals surface area contributed by atoms with Crippen molar-refractivity contribution in [2.45, 2.75) is 45.9 Å². The summed E-state index contributed by atoms with van der Waals surface area (Å²) >= 11 is 7.70. The van der Waals surface area contributed by atoms with E-state index in [2.05, 4.69) is 10.3 Å². The number of nitrogens with one attached hydrogen (secondary N) is 3. The molecule has 41 heavy (non-hydrogen) atoms. The fourth-order valence-corrected chi connectivity index (χ4v) is 6.42. The van der Waals surface area contributed by atoms with Crippen LogP contribution in [0.3, 0.4) is 0 Å². The number of nitrogens with zero attached hydrogens (tertiary/aromatic N) is 3.